The van der Waals surface area contributed by atoms with Crippen LogP contribution in [0.5, 0.6) is 0 Å². The molecule has 2 rings (SSSR count). The predicted molar refractivity (Wildman–Crippen MR) is 82.7 cm³/mol. The first-order valence-electron chi connectivity index (χ1n) is 7.43. The van der Waals surface area contributed by atoms with Gasteiger partial charge in [-0.25, -0.2) is 0 Å². The lowest BCUT2D eigenvalue weighted by Gasteiger charge is -2.40. The lowest BCUT2D eigenvalue weighted by atomic mass is 9.71. The minimum absolute atomic E-state index is 0.0978. The smallest absolute Gasteiger partial charge is 0.326 e. The van der Waals surface area contributed by atoms with Crippen molar-refractivity contribution in [2.75, 3.05) is 7.11 Å². The Hall–Kier alpha value is -0.870. The van der Waals surface area contributed by atoms with E-state index in [0.29, 0.717) is 11.8 Å². The predicted octanol–water partition coefficient (Wildman–Crippen LogP) is 3.60. The van der Waals surface area contributed by atoms with Crippen molar-refractivity contribution in [2.24, 2.45) is 11.8 Å². The third kappa shape index (κ3) is 3.41. The van der Waals surface area contributed by atoms with Gasteiger partial charge in [-0.2, -0.15) is 0 Å². The van der Waals surface area contributed by atoms with Gasteiger partial charge in [0.25, 0.3) is 0 Å². The van der Waals surface area contributed by atoms with E-state index in [1.54, 1.807) is 11.3 Å². The summed E-state index contributed by atoms with van der Waals surface area (Å²) in [4.78, 5) is 13.6. The zero-order valence-electron chi connectivity index (χ0n) is 12.6. The van der Waals surface area contributed by atoms with Crippen LogP contribution in [0.4, 0.5) is 0 Å². The number of esters is 1. The second-order valence-electron chi connectivity index (χ2n) is 6.11. The van der Waals surface area contributed by atoms with Crippen LogP contribution in [0.15, 0.2) is 17.5 Å². The van der Waals surface area contributed by atoms with Crippen molar-refractivity contribution < 1.29 is 9.53 Å². The number of methoxy groups -OCH3 is 1. The maximum atomic E-state index is 12.3. The third-order valence-electron chi connectivity index (χ3n) is 4.49. The van der Waals surface area contributed by atoms with E-state index in [-0.39, 0.29) is 5.97 Å². The number of ether oxygens (including phenoxy) is 1. The average Bonchev–Trinajstić information content (AvgIpc) is 2.97. The first-order chi connectivity index (χ1) is 9.57. The fourth-order valence-electron chi connectivity index (χ4n) is 3.17. The van der Waals surface area contributed by atoms with Crippen LogP contribution in [0.2, 0.25) is 0 Å². The minimum atomic E-state index is -0.494. The van der Waals surface area contributed by atoms with Gasteiger partial charge >= 0.3 is 5.97 Å². The van der Waals surface area contributed by atoms with E-state index < -0.39 is 5.54 Å². The number of nitrogens with one attached hydrogen (secondary N) is 1. The quantitative estimate of drug-likeness (QED) is 0.844. The Morgan fingerprint density at radius 2 is 2.40 bits per heavy atom. The fourth-order valence-corrected chi connectivity index (χ4v) is 3.81. The van der Waals surface area contributed by atoms with Gasteiger partial charge < -0.3 is 4.74 Å². The maximum Gasteiger partial charge on any atom is 0.326 e. The highest BCUT2D eigenvalue weighted by atomic mass is 32.1. The van der Waals surface area contributed by atoms with Crippen LogP contribution in [0, 0.1) is 11.8 Å². The van der Waals surface area contributed by atoms with E-state index >= 15 is 0 Å². The highest BCUT2D eigenvalue weighted by Gasteiger charge is 2.44. The van der Waals surface area contributed by atoms with Gasteiger partial charge in [0.1, 0.15) is 5.54 Å². The second kappa shape index (κ2) is 6.72. The molecule has 0 saturated heterocycles. The van der Waals surface area contributed by atoms with Gasteiger partial charge in [-0.3, -0.25) is 10.1 Å². The normalized spacial score (nSPS) is 26.7. The van der Waals surface area contributed by atoms with Gasteiger partial charge in [0.2, 0.25) is 0 Å². The lowest BCUT2D eigenvalue weighted by molar-refractivity contribution is -0.151. The molecule has 1 aliphatic rings. The van der Waals surface area contributed by atoms with Crippen molar-refractivity contribution >= 4 is 17.3 Å². The number of carbonyl (C=O) groups is 1. The Morgan fingerprint density at radius 3 is 3.00 bits per heavy atom. The maximum absolute atomic E-state index is 12.3. The molecule has 1 N–H and O–H groups in total. The van der Waals surface area contributed by atoms with E-state index in [1.807, 2.05) is 6.07 Å². The number of carbonyl (C=O) groups excluding carboxylic acids is 1. The molecule has 2 atom stereocenters. The first kappa shape index (κ1) is 15.5. The lowest BCUT2D eigenvalue weighted by Crippen LogP contribution is -2.55. The molecule has 0 aliphatic heterocycles. The Morgan fingerprint density at radius 1 is 1.60 bits per heavy atom. The average molecular weight is 295 g/mol. The van der Waals surface area contributed by atoms with Gasteiger partial charge in [0.05, 0.1) is 7.11 Å². The molecule has 1 fully saturated rings. The van der Waals surface area contributed by atoms with Crippen LogP contribution in [0.3, 0.4) is 0 Å². The van der Waals surface area contributed by atoms with Crippen LogP contribution in [-0.4, -0.2) is 18.6 Å². The van der Waals surface area contributed by atoms with Gasteiger partial charge in [0.15, 0.2) is 0 Å². The summed E-state index contributed by atoms with van der Waals surface area (Å²) < 4.78 is 5.09. The van der Waals surface area contributed by atoms with Gasteiger partial charge in [-0.05, 0) is 36.1 Å². The molecule has 2 unspecified atom stereocenters. The molecule has 20 heavy (non-hydrogen) atoms. The fraction of sp³-hybridized carbons (Fsp3) is 0.688. The molecule has 0 bridgehead atoms. The molecular formula is C16H25NO2S. The van der Waals surface area contributed by atoms with Crippen molar-refractivity contribution in [2.45, 2.75) is 51.6 Å². The monoisotopic (exact) mass is 295 g/mol. The van der Waals surface area contributed by atoms with Crippen molar-refractivity contribution in [3.63, 3.8) is 0 Å². The highest BCUT2D eigenvalue weighted by Crippen LogP contribution is 2.37. The Bertz CT molecular complexity index is 430. The van der Waals surface area contributed by atoms with Crippen molar-refractivity contribution in [1.29, 1.82) is 0 Å². The highest BCUT2D eigenvalue weighted by molar-refractivity contribution is 7.09. The molecule has 1 heterocycles. The zero-order valence-corrected chi connectivity index (χ0v) is 13.5. The summed E-state index contributed by atoms with van der Waals surface area (Å²) in [6, 6.07) is 4.15. The van der Waals surface area contributed by atoms with E-state index in [0.717, 1.165) is 25.8 Å². The summed E-state index contributed by atoms with van der Waals surface area (Å²) in [5.41, 5.74) is -0.494. The summed E-state index contributed by atoms with van der Waals surface area (Å²) in [7, 11) is 1.50. The summed E-state index contributed by atoms with van der Waals surface area (Å²) in [5, 5.41) is 5.58. The molecule has 1 aromatic rings. The summed E-state index contributed by atoms with van der Waals surface area (Å²) in [6.45, 7) is 5.24. The largest absolute Gasteiger partial charge is 0.468 e. The summed E-state index contributed by atoms with van der Waals surface area (Å²) in [5.74, 6) is 1.11. The second-order valence-corrected chi connectivity index (χ2v) is 7.14. The van der Waals surface area contributed by atoms with Gasteiger partial charge in [-0.1, -0.05) is 32.8 Å². The number of hydrogen-bond acceptors (Lipinski definition) is 4. The molecule has 1 saturated carbocycles. The third-order valence-corrected chi connectivity index (χ3v) is 5.37. The number of thiophene rings is 1. The SMILES string of the molecule is COC(=O)C1(NCc2cccs2)CCCC(C(C)C)C1. The topological polar surface area (TPSA) is 38.3 Å². The van der Waals surface area contributed by atoms with Crippen LogP contribution in [0.25, 0.3) is 0 Å². The van der Waals surface area contributed by atoms with Crippen molar-refractivity contribution in [1.82, 2.24) is 5.32 Å². The van der Waals surface area contributed by atoms with E-state index in [4.69, 9.17) is 4.74 Å². The molecule has 112 valence electrons. The molecule has 1 aliphatic carbocycles. The molecule has 3 nitrogen and oxygen atoms in total. The van der Waals surface area contributed by atoms with Crippen LogP contribution >= 0.6 is 11.3 Å². The Kier molecular flexibility index (Phi) is 5.22. The number of hydrogen-bond donors (Lipinski definition) is 1. The van der Waals surface area contributed by atoms with Crippen LogP contribution in [0.1, 0.15) is 44.4 Å². The molecule has 0 aromatic carbocycles. The van der Waals surface area contributed by atoms with Gasteiger partial charge in [-0.15, -0.1) is 11.3 Å². The molecule has 0 radical (unpaired) electrons. The Labute approximate surface area is 125 Å². The standard InChI is InChI=1S/C16H25NO2S/c1-12(2)13-6-4-8-16(10-13,15(18)19-3)17-11-14-7-5-9-20-14/h5,7,9,12-13,17H,4,6,8,10-11H2,1-3H3. The van der Waals surface area contributed by atoms with Crippen LogP contribution < -0.4 is 5.32 Å². The molecular weight excluding hydrogens is 270 g/mol. The van der Waals surface area contributed by atoms with E-state index in [9.17, 15) is 4.79 Å². The van der Waals surface area contributed by atoms with Crippen LogP contribution in [-0.2, 0) is 16.1 Å². The van der Waals surface area contributed by atoms with E-state index in [2.05, 4.69) is 30.6 Å². The van der Waals surface area contributed by atoms with Gasteiger partial charge in [0, 0.05) is 11.4 Å². The summed E-state index contributed by atoms with van der Waals surface area (Å²) >= 11 is 1.72. The van der Waals surface area contributed by atoms with Crippen molar-refractivity contribution in [3.8, 4) is 0 Å². The number of rotatable bonds is 5. The Balaban J connectivity index is 2.10. The molecule has 0 spiro atoms. The zero-order chi connectivity index (χ0) is 14.6. The van der Waals surface area contributed by atoms with E-state index in [1.165, 1.54) is 18.4 Å². The molecule has 1 aromatic heterocycles. The molecule has 4 heteroatoms. The summed E-state index contributed by atoms with van der Waals surface area (Å²) in [6.07, 6.45) is 4.09. The molecule has 0 amide bonds. The minimum Gasteiger partial charge on any atom is -0.468 e. The first-order valence-corrected chi connectivity index (χ1v) is 8.31. The van der Waals surface area contributed by atoms with Crippen molar-refractivity contribution in [3.05, 3.63) is 22.4 Å².